The zero-order valence-corrected chi connectivity index (χ0v) is 15.2. The molecule has 0 N–H and O–H groups in total. The molecule has 1 atom stereocenters. The van der Waals surface area contributed by atoms with Crippen LogP contribution in [0, 0.1) is 3.57 Å². The number of fused-ring (bicyclic) bond motifs is 1. The number of alkyl halides is 1. The van der Waals surface area contributed by atoms with Gasteiger partial charge in [-0.15, -0.1) is 0 Å². The predicted molar refractivity (Wildman–Crippen MR) is 95.5 cm³/mol. The molecule has 0 amide bonds. The average Bonchev–Trinajstić information content (AvgIpc) is 2.40. The summed E-state index contributed by atoms with van der Waals surface area (Å²) in [5.41, 5.74) is 4.81. The fraction of sp³-hybridized carbons (Fsp3) is 0.133. The summed E-state index contributed by atoms with van der Waals surface area (Å²) in [5, 5.41) is 0. The maximum absolute atomic E-state index is 4.74. The van der Waals surface area contributed by atoms with E-state index < -0.39 is 0 Å². The smallest absolute Gasteiger partial charge is 0.0723 e. The highest BCUT2D eigenvalue weighted by atomic mass is 127. The van der Waals surface area contributed by atoms with Crippen LogP contribution in [0.3, 0.4) is 0 Å². The molecule has 4 heteroatoms. The number of hydrogen-bond donors (Lipinski definition) is 0. The standard InChI is InChI=1S/C15H10Br2IN/c16-10-4-5-12-13(7-10)14(17)8-19-15(12)9-2-1-3-11(18)6-9/h1-7,14H,8H2. The highest BCUT2D eigenvalue weighted by molar-refractivity contribution is 14.1. The molecule has 1 heterocycles. The van der Waals surface area contributed by atoms with Crippen molar-refractivity contribution >= 4 is 60.2 Å². The van der Waals surface area contributed by atoms with Gasteiger partial charge in [-0.2, -0.15) is 0 Å². The lowest BCUT2D eigenvalue weighted by Crippen LogP contribution is -2.15. The molecule has 0 fully saturated rings. The van der Waals surface area contributed by atoms with Gasteiger partial charge < -0.3 is 0 Å². The van der Waals surface area contributed by atoms with E-state index in [4.69, 9.17) is 4.99 Å². The fourth-order valence-corrected chi connectivity index (χ4v) is 3.69. The molecule has 1 nitrogen and oxygen atoms in total. The van der Waals surface area contributed by atoms with E-state index >= 15 is 0 Å². The molecule has 1 unspecified atom stereocenters. The Kier molecular flexibility index (Phi) is 4.10. The van der Waals surface area contributed by atoms with Crippen molar-refractivity contribution in [2.75, 3.05) is 6.54 Å². The Bertz CT molecular complexity index is 667. The van der Waals surface area contributed by atoms with Gasteiger partial charge in [-0.3, -0.25) is 4.99 Å². The Morgan fingerprint density at radius 1 is 1.16 bits per heavy atom. The first-order valence-electron chi connectivity index (χ1n) is 5.89. The summed E-state index contributed by atoms with van der Waals surface area (Å²) in [7, 11) is 0. The average molecular weight is 491 g/mol. The van der Waals surface area contributed by atoms with E-state index in [9.17, 15) is 0 Å². The lowest BCUT2D eigenvalue weighted by atomic mass is 9.93. The largest absolute Gasteiger partial charge is 0.283 e. The van der Waals surface area contributed by atoms with Crippen LogP contribution in [-0.2, 0) is 0 Å². The van der Waals surface area contributed by atoms with Crippen molar-refractivity contribution in [1.29, 1.82) is 0 Å². The number of halogens is 3. The topological polar surface area (TPSA) is 12.4 Å². The van der Waals surface area contributed by atoms with Crippen molar-refractivity contribution in [3.63, 3.8) is 0 Å². The van der Waals surface area contributed by atoms with E-state index in [2.05, 4.69) is 96.9 Å². The molecule has 0 aromatic heterocycles. The molecule has 2 aromatic rings. The van der Waals surface area contributed by atoms with Crippen LogP contribution >= 0.6 is 54.5 Å². The quantitative estimate of drug-likeness (QED) is 0.378. The summed E-state index contributed by atoms with van der Waals surface area (Å²) in [6.45, 7) is 0.782. The van der Waals surface area contributed by atoms with Crippen LogP contribution in [0.5, 0.6) is 0 Å². The van der Waals surface area contributed by atoms with E-state index in [-0.39, 0.29) is 0 Å². The van der Waals surface area contributed by atoms with Gasteiger partial charge in [0.1, 0.15) is 0 Å². The van der Waals surface area contributed by atoms with Crippen molar-refractivity contribution in [3.8, 4) is 0 Å². The summed E-state index contributed by atoms with van der Waals surface area (Å²) in [6, 6.07) is 14.9. The third-order valence-corrected chi connectivity index (χ3v) is 5.06. The monoisotopic (exact) mass is 489 g/mol. The third-order valence-electron chi connectivity index (χ3n) is 3.11. The van der Waals surface area contributed by atoms with Crippen molar-refractivity contribution in [2.24, 2.45) is 4.99 Å². The maximum Gasteiger partial charge on any atom is 0.0723 e. The Morgan fingerprint density at radius 2 is 2.00 bits per heavy atom. The van der Waals surface area contributed by atoms with Crippen LogP contribution < -0.4 is 0 Å². The zero-order valence-electron chi connectivity index (χ0n) is 9.91. The molecule has 0 aliphatic carbocycles. The minimum absolute atomic E-state index is 0.298. The van der Waals surface area contributed by atoms with E-state index in [1.54, 1.807) is 0 Å². The Morgan fingerprint density at radius 3 is 2.79 bits per heavy atom. The molecule has 0 spiro atoms. The number of benzene rings is 2. The number of nitrogens with zero attached hydrogens (tertiary/aromatic N) is 1. The fourth-order valence-electron chi connectivity index (χ4n) is 2.25. The van der Waals surface area contributed by atoms with E-state index in [1.165, 1.54) is 20.3 Å². The first-order chi connectivity index (χ1) is 9.15. The lowest BCUT2D eigenvalue weighted by Gasteiger charge is -2.21. The van der Waals surface area contributed by atoms with Gasteiger partial charge in [0, 0.05) is 19.2 Å². The van der Waals surface area contributed by atoms with E-state index in [1.807, 2.05) is 0 Å². The van der Waals surface area contributed by atoms with Crippen LogP contribution in [0.15, 0.2) is 51.9 Å². The summed E-state index contributed by atoms with van der Waals surface area (Å²) in [6.07, 6.45) is 0. The SMILES string of the molecule is Brc1ccc2c(c1)C(Br)CN=C2c1cccc(I)c1. The summed E-state index contributed by atoms with van der Waals surface area (Å²) < 4.78 is 2.34. The first-order valence-corrected chi connectivity index (χ1v) is 8.68. The minimum Gasteiger partial charge on any atom is -0.283 e. The minimum atomic E-state index is 0.298. The Balaban J connectivity index is 2.15. The molecule has 1 aliphatic heterocycles. The molecule has 2 aromatic carbocycles. The summed E-state index contributed by atoms with van der Waals surface area (Å²) in [4.78, 5) is 5.04. The number of aliphatic imine (C=N–C) groups is 1. The van der Waals surface area contributed by atoms with Crippen molar-refractivity contribution < 1.29 is 0 Å². The summed E-state index contributed by atoms with van der Waals surface area (Å²) in [5.74, 6) is 0. The van der Waals surface area contributed by atoms with Crippen LogP contribution in [-0.4, -0.2) is 12.3 Å². The normalized spacial score (nSPS) is 17.8. The predicted octanol–water partition coefficient (Wildman–Crippen LogP) is 5.34. The molecule has 0 bridgehead atoms. The van der Waals surface area contributed by atoms with Gasteiger partial charge in [-0.1, -0.05) is 50.1 Å². The first kappa shape index (κ1) is 13.8. The molecule has 1 aliphatic rings. The molecule has 0 saturated carbocycles. The Labute approximate surface area is 142 Å². The van der Waals surface area contributed by atoms with Crippen LogP contribution in [0.2, 0.25) is 0 Å². The molecular formula is C15H10Br2IN. The van der Waals surface area contributed by atoms with Crippen molar-refractivity contribution in [3.05, 3.63) is 67.2 Å². The maximum atomic E-state index is 4.74. The second-order valence-corrected chi connectivity index (χ2v) is 7.67. The van der Waals surface area contributed by atoms with Gasteiger partial charge in [-0.25, -0.2) is 0 Å². The van der Waals surface area contributed by atoms with E-state index in [0.717, 1.165) is 16.7 Å². The lowest BCUT2D eigenvalue weighted by molar-refractivity contribution is 0.933. The third kappa shape index (κ3) is 2.81. The Hall–Kier alpha value is -0.200. The van der Waals surface area contributed by atoms with Gasteiger partial charge in [-0.05, 0) is 52.4 Å². The zero-order chi connectivity index (χ0) is 13.4. The van der Waals surface area contributed by atoms with Gasteiger partial charge >= 0.3 is 0 Å². The number of hydrogen-bond acceptors (Lipinski definition) is 1. The molecule has 19 heavy (non-hydrogen) atoms. The molecule has 0 radical (unpaired) electrons. The van der Waals surface area contributed by atoms with Gasteiger partial charge in [0.05, 0.1) is 17.1 Å². The van der Waals surface area contributed by atoms with Crippen LogP contribution in [0.1, 0.15) is 21.5 Å². The van der Waals surface area contributed by atoms with Gasteiger partial charge in [0.15, 0.2) is 0 Å². The van der Waals surface area contributed by atoms with Crippen LogP contribution in [0.25, 0.3) is 0 Å². The second kappa shape index (κ2) is 5.66. The van der Waals surface area contributed by atoms with Crippen molar-refractivity contribution in [1.82, 2.24) is 0 Å². The van der Waals surface area contributed by atoms with E-state index in [0.29, 0.717) is 4.83 Å². The van der Waals surface area contributed by atoms with Crippen molar-refractivity contribution in [2.45, 2.75) is 4.83 Å². The van der Waals surface area contributed by atoms with Crippen LogP contribution in [0.4, 0.5) is 0 Å². The molecule has 0 saturated heterocycles. The molecular weight excluding hydrogens is 481 g/mol. The number of rotatable bonds is 1. The highest BCUT2D eigenvalue weighted by Gasteiger charge is 2.22. The molecule has 3 rings (SSSR count). The van der Waals surface area contributed by atoms with Gasteiger partial charge in [0.25, 0.3) is 0 Å². The summed E-state index contributed by atoms with van der Waals surface area (Å²) >= 11 is 9.59. The van der Waals surface area contributed by atoms with Gasteiger partial charge in [0.2, 0.25) is 0 Å². The highest BCUT2D eigenvalue weighted by Crippen LogP contribution is 2.34. The molecule has 96 valence electrons. The second-order valence-electron chi connectivity index (χ2n) is 4.40.